The first-order valence-corrected chi connectivity index (χ1v) is 8.94. The van der Waals surface area contributed by atoms with Crippen LogP contribution in [0.3, 0.4) is 0 Å². The van der Waals surface area contributed by atoms with Gasteiger partial charge in [-0.25, -0.2) is 0 Å². The number of rotatable bonds is 6. The third-order valence-electron chi connectivity index (χ3n) is 4.85. The number of hydrogen-bond acceptors (Lipinski definition) is 3. The van der Waals surface area contributed by atoms with Crippen molar-refractivity contribution in [3.63, 3.8) is 0 Å². The van der Waals surface area contributed by atoms with Gasteiger partial charge < -0.3 is 10.6 Å². The Bertz CT molecular complexity index is 733. The van der Waals surface area contributed by atoms with Crippen LogP contribution in [0.4, 0.5) is 5.69 Å². The van der Waals surface area contributed by atoms with Gasteiger partial charge in [0.2, 0.25) is 11.8 Å². The van der Waals surface area contributed by atoms with Crippen LogP contribution in [0.15, 0.2) is 35.9 Å². The van der Waals surface area contributed by atoms with Gasteiger partial charge in [-0.15, -0.1) is 0 Å². The Morgan fingerprint density at radius 1 is 1.20 bits per heavy atom. The summed E-state index contributed by atoms with van der Waals surface area (Å²) in [6.45, 7) is 0.653. The van der Waals surface area contributed by atoms with E-state index in [-0.39, 0.29) is 23.7 Å². The van der Waals surface area contributed by atoms with Crippen molar-refractivity contribution in [2.45, 2.75) is 38.5 Å². The Hall–Kier alpha value is -2.61. The second-order valence-corrected chi connectivity index (χ2v) is 6.78. The lowest BCUT2D eigenvalue weighted by Crippen LogP contribution is -2.28. The van der Waals surface area contributed by atoms with Crippen molar-refractivity contribution in [2.24, 2.45) is 11.8 Å². The maximum atomic E-state index is 12.2. The summed E-state index contributed by atoms with van der Waals surface area (Å²) in [6.07, 6.45) is 8.61. The Labute approximate surface area is 148 Å². The molecule has 1 saturated carbocycles. The average Bonchev–Trinajstić information content (AvgIpc) is 3.44. The van der Waals surface area contributed by atoms with Crippen LogP contribution in [0, 0.1) is 23.2 Å². The molecule has 0 aromatic heterocycles. The molecule has 2 amide bonds. The van der Waals surface area contributed by atoms with Gasteiger partial charge in [0.25, 0.3) is 0 Å². The summed E-state index contributed by atoms with van der Waals surface area (Å²) in [4.78, 5) is 24.4. The van der Waals surface area contributed by atoms with Crippen LogP contribution in [0.25, 0.3) is 0 Å². The van der Waals surface area contributed by atoms with Crippen molar-refractivity contribution in [1.29, 1.82) is 5.26 Å². The lowest BCUT2D eigenvalue weighted by molar-refractivity contribution is -0.125. The number of hydrogen-bond donors (Lipinski definition) is 2. The van der Waals surface area contributed by atoms with Gasteiger partial charge in [-0.2, -0.15) is 5.26 Å². The molecule has 5 heteroatoms. The fourth-order valence-electron chi connectivity index (χ4n) is 3.29. The van der Waals surface area contributed by atoms with Crippen LogP contribution in [0.2, 0.25) is 0 Å². The number of carbonyl (C=O) groups is 2. The van der Waals surface area contributed by atoms with Gasteiger partial charge in [-0.3, -0.25) is 9.59 Å². The minimum Gasteiger partial charge on any atom is -0.356 e. The SMILES string of the molecule is N#Cc1cccc(NC(=O)C2CC2C(=O)NCCC2=CCCCC2)c1. The second-order valence-electron chi connectivity index (χ2n) is 6.78. The highest BCUT2D eigenvalue weighted by molar-refractivity contribution is 5.99. The number of amides is 2. The summed E-state index contributed by atoms with van der Waals surface area (Å²) in [6, 6.07) is 8.83. The van der Waals surface area contributed by atoms with Crippen LogP contribution in [0.1, 0.15) is 44.1 Å². The summed E-state index contributed by atoms with van der Waals surface area (Å²) in [5, 5.41) is 14.6. The fourth-order valence-corrected chi connectivity index (χ4v) is 3.29. The lowest BCUT2D eigenvalue weighted by Gasteiger charge is -2.13. The number of nitrogens with zero attached hydrogens (tertiary/aromatic N) is 1. The molecule has 25 heavy (non-hydrogen) atoms. The molecule has 2 N–H and O–H groups in total. The second kappa shape index (κ2) is 7.98. The van der Waals surface area contributed by atoms with Gasteiger partial charge in [-0.1, -0.05) is 17.7 Å². The predicted octanol–water partition coefficient (Wildman–Crippen LogP) is 3.14. The Morgan fingerprint density at radius 3 is 2.80 bits per heavy atom. The largest absolute Gasteiger partial charge is 0.356 e. The smallest absolute Gasteiger partial charge is 0.228 e. The van der Waals surface area contributed by atoms with E-state index in [4.69, 9.17) is 5.26 Å². The molecule has 2 unspecified atom stereocenters. The molecule has 0 heterocycles. The van der Waals surface area contributed by atoms with Crippen LogP contribution < -0.4 is 10.6 Å². The minimum absolute atomic E-state index is 0.0256. The van der Waals surface area contributed by atoms with Crippen LogP contribution >= 0.6 is 0 Å². The molecule has 0 spiro atoms. The first-order chi connectivity index (χ1) is 12.2. The van der Waals surface area contributed by atoms with Crippen molar-refractivity contribution in [3.05, 3.63) is 41.5 Å². The molecule has 0 aliphatic heterocycles. The zero-order chi connectivity index (χ0) is 17.6. The van der Waals surface area contributed by atoms with E-state index in [9.17, 15) is 9.59 Å². The maximum absolute atomic E-state index is 12.2. The molecular weight excluding hydrogens is 314 g/mol. The van der Waals surface area contributed by atoms with Crippen LogP contribution in [-0.4, -0.2) is 18.4 Å². The highest BCUT2D eigenvalue weighted by Gasteiger charge is 2.47. The topological polar surface area (TPSA) is 82.0 Å². The van der Waals surface area contributed by atoms with E-state index in [0.717, 1.165) is 19.3 Å². The predicted molar refractivity (Wildman–Crippen MR) is 95.6 cm³/mol. The first kappa shape index (κ1) is 17.2. The molecule has 5 nitrogen and oxygen atoms in total. The Kier molecular flexibility index (Phi) is 5.49. The van der Waals surface area contributed by atoms with Crippen molar-refractivity contribution in [3.8, 4) is 6.07 Å². The maximum Gasteiger partial charge on any atom is 0.228 e. The van der Waals surface area contributed by atoms with Crippen molar-refractivity contribution < 1.29 is 9.59 Å². The van der Waals surface area contributed by atoms with Crippen LogP contribution in [-0.2, 0) is 9.59 Å². The van der Waals surface area contributed by atoms with E-state index in [2.05, 4.69) is 16.7 Å². The molecule has 130 valence electrons. The fraction of sp³-hybridized carbons (Fsp3) is 0.450. The van der Waals surface area contributed by atoms with Gasteiger partial charge in [0, 0.05) is 12.2 Å². The molecular formula is C20H23N3O2. The number of anilines is 1. The third-order valence-corrected chi connectivity index (χ3v) is 4.85. The lowest BCUT2D eigenvalue weighted by atomic mass is 9.97. The number of nitriles is 1. The third kappa shape index (κ3) is 4.69. The Morgan fingerprint density at radius 2 is 2.04 bits per heavy atom. The number of benzene rings is 1. The summed E-state index contributed by atoms with van der Waals surface area (Å²) in [5.74, 6) is -0.660. The van der Waals surface area contributed by atoms with Gasteiger partial charge >= 0.3 is 0 Å². The normalized spacial score (nSPS) is 21.6. The summed E-state index contributed by atoms with van der Waals surface area (Å²) in [5.41, 5.74) is 2.54. The summed E-state index contributed by atoms with van der Waals surface area (Å²) >= 11 is 0. The summed E-state index contributed by atoms with van der Waals surface area (Å²) in [7, 11) is 0. The molecule has 0 bridgehead atoms. The van der Waals surface area contributed by atoms with Crippen molar-refractivity contribution in [1.82, 2.24) is 5.32 Å². The highest BCUT2D eigenvalue weighted by atomic mass is 16.2. The molecule has 2 aliphatic rings. The van der Waals surface area contributed by atoms with E-state index in [1.165, 1.54) is 18.4 Å². The zero-order valence-corrected chi connectivity index (χ0v) is 14.3. The van der Waals surface area contributed by atoms with E-state index < -0.39 is 0 Å². The van der Waals surface area contributed by atoms with Gasteiger partial charge in [0.1, 0.15) is 0 Å². The van der Waals surface area contributed by atoms with E-state index >= 15 is 0 Å². The quantitative estimate of drug-likeness (QED) is 0.782. The van der Waals surface area contributed by atoms with Crippen LogP contribution in [0.5, 0.6) is 0 Å². The highest BCUT2D eigenvalue weighted by Crippen LogP contribution is 2.39. The summed E-state index contributed by atoms with van der Waals surface area (Å²) < 4.78 is 0. The molecule has 1 aromatic rings. The standard InChI is InChI=1S/C20H23N3O2/c21-13-15-7-4-8-16(11-15)23-20(25)18-12-17(18)19(24)22-10-9-14-5-2-1-3-6-14/h4-5,7-8,11,17-18H,1-3,6,9-10,12H2,(H,22,24)(H,23,25). The van der Waals surface area contributed by atoms with Gasteiger partial charge in [0.15, 0.2) is 0 Å². The average molecular weight is 337 g/mol. The number of allylic oxidation sites excluding steroid dienone is 1. The minimum atomic E-state index is -0.264. The monoisotopic (exact) mass is 337 g/mol. The number of carbonyl (C=O) groups excluding carboxylic acids is 2. The molecule has 0 saturated heterocycles. The molecule has 3 rings (SSSR count). The molecule has 0 radical (unpaired) electrons. The molecule has 2 atom stereocenters. The molecule has 1 aromatic carbocycles. The molecule has 1 fully saturated rings. The zero-order valence-electron chi connectivity index (χ0n) is 14.3. The number of nitrogens with one attached hydrogen (secondary N) is 2. The van der Waals surface area contributed by atoms with E-state index in [1.54, 1.807) is 24.3 Å². The van der Waals surface area contributed by atoms with Gasteiger partial charge in [-0.05, 0) is 56.7 Å². The van der Waals surface area contributed by atoms with Crippen molar-refractivity contribution in [2.75, 3.05) is 11.9 Å². The van der Waals surface area contributed by atoms with E-state index in [0.29, 0.717) is 24.2 Å². The van der Waals surface area contributed by atoms with E-state index in [1.807, 2.05) is 6.07 Å². The van der Waals surface area contributed by atoms with Crippen molar-refractivity contribution >= 4 is 17.5 Å². The molecule has 2 aliphatic carbocycles. The Balaban J connectivity index is 1.42. The van der Waals surface area contributed by atoms with Gasteiger partial charge in [0.05, 0.1) is 23.5 Å². The first-order valence-electron chi connectivity index (χ1n) is 8.94.